The third-order valence-electron chi connectivity index (χ3n) is 6.99. The molecule has 4 aromatic rings. The molecule has 8 heteroatoms. The van der Waals surface area contributed by atoms with Crippen molar-refractivity contribution < 1.29 is 9.59 Å². The summed E-state index contributed by atoms with van der Waals surface area (Å²) in [5.74, 6) is 0.655. The van der Waals surface area contributed by atoms with Gasteiger partial charge < -0.3 is 9.80 Å². The lowest BCUT2D eigenvalue weighted by Gasteiger charge is -2.21. The van der Waals surface area contributed by atoms with Gasteiger partial charge in [0.05, 0.1) is 0 Å². The molecule has 2 atom stereocenters. The molecule has 0 saturated carbocycles. The third kappa shape index (κ3) is 4.19. The van der Waals surface area contributed by atoms with Crippen LogP contribution < -0.4 is 0 Å². The number of benzene rings is 2. The summed E-state index contributed by atoms with van der Waals surface area (Å²) in [4.78, 5) is 33.7. The molecule has 2 aliphatic heterocycles. The van der Waals surface area contributed by atoms with E-state index in [1.54, 1.807) is 30.6 Å². The van der Waals surface area contributed by atoms with Crippen molar-refractivity contribution in [1.29, 1.82) is 0 Å². The van der Waals surface area contributed by atoms with Gasteiger partial charge in [-0.2, -0.15) is 15.4 Å². The van der Waals surface area contributed by atoms with Crippen LogP contribution in [0.25, 0.3) is 28.2 Å². The number of carbonyl (C=O) groups is 2. The van der Waals surface area contributed by atoms with Crippen LogP contribution in [0.3, 0.4) is 0 Å². The predicted octanol–water partition coefficient (Wildman–Crippen LogP) is 3.26. The molecular weight excluding hydrogens is 440 g/mol. The first-order valence-electron chi connectivity index (χ1n) is 11.7. The highest BCUT2D eigenvalue weighted by atomic mass is 16.2. The number of carbonyl (C=O) groups excluding carboxylic acids is 2. The van der Waals surface area contributed by atoms with Gasteiger partial charge in [0, 0.05) is 62.0 Å². The molecule has 35 heavy (non-hydrogen) atoms. The Morgan fingerprint density at radius 1 is 0.800 bits per heavy atom. The highest BCUT2D eigenvalue weighted by molar-refractivity contribution is 5.97. The fourth-order valence-electron chi connectivity index (χ4n) is 5.10. The van der Waals surface area contributed by atoms with Crippen molar-refractivity contribution in [1.82, 2.24) is 30.2 Å². The number of likely N-dealkylation sites (tertiary alicyclic amines) is 2. The van der Waals surface area contributed by atoms with Crippen molar-refractivity contribution in [3.63, 3.8) is 0 Å². The second kappa shape index (κ2) is 8.79. The van der Waals surface area contributed by atoms with Crippen molar-refractivity contribution in [2.24, 2.45) is 11.8 Å². The van der Waals surface area contributed by atoms with Crippen LogP contribution in [0.4, 0.5) is 0 Å². The molecule has 174 valence electrons. The summed E-state index contributed by atoms with van der Waals surface area (Å²) in [6.07, 6.45) is 7.07. The van der Waals surface area contributed by atoms with E-state index < -0.39 is 0 Å². The minimum Gasteiger partial charge on any atom is -0.338 e. The van der Waals surface area contributed by atoms with Crippen LogP contribution in [0.15, 0.2) is 73.1 Å². The predicted molar refractivity (Wildman–Crippen MR) is 132 cm³/mol. The number of hydrogen-bond donors (Lipinski definition) is 1. The molecule has 4 heterocycles. The van der Waals surface area contributed by atoms with E-state index in [4.69, 9.17) is 0 Å². The highest BCUT2D eigenvalue weighted by Crippen LogP contribution is 2.32. The summed E-state index contributed by atoms with van der Waals surface area (Å²) in [7, 11) is 0. The molecule has 1 N–H and O–H groups in total. The number of pyridine rings is 1. The van der Waals surface area contributed by atoms with Crippen LogP contribution in [0.1, 0.15) is 15.9 Å². The van der Waals surface area contributed by atoms with Gasteiger partial charge in [-0.15, -0.1) is 0 Å². The minimum atomic E-state index is 0.0114. The molecule has 2 fully saturated rings. The Morgan fingerprint density at radius 2 is 1.46 bits per heavy atom. The normalized spacial score (nSPS) is 19.5. The average molecular weight is 465 g/mol. The summed E-state index contributed by atoms with van der Waals surface area (Å²) in [5.41, 5.74) is 5.26. The summed E-state index contributed by atoms with van der Waals surface area (Å²) < 4.78 is 0. The SMILES string of the molecule is O=C(/C=C/c1ccc(-c2ccncc2)cc1)N1C[C@@H]2CN(C(=O)c3ccc4n[nH]nc4c3)C[C@H]2C1. The van der Waals surface area contributed by atoms with Crippen LogP contribution >= 0.6 is 0 Å². The van der Waals surface area contributed by atoms with E-state index in [9.17, 15) is 9.59 Å². The zero-order valence-corrected chi connectivity index (χ0v) is 19.0. The highest BCUT2D eigenvalue weighted by Gasteiger charge is 2.42. The fourth-order valence-corrected chi connectivity index (χ4v) is 5.10. The first-order valence-corrected chi connectivity index (χ1v) is 11.7. The number of fused-ring (bicyclic) bond motifs is 2. The van der Waals surface area contributed by atoms with Gasteiger partial charge in [-0.1, -0.05) is 24.3 Å². The number of hydrogen-bond acceptors (Lipinski definition) is 5. The summed E-state index contributed by atoms with van der Waals surface area (Å²) >= 11 is 0. The second-order valence-corrected chi connectivity index (χ2v) is 9.19. The Morgan fingerprint density at radius 3 is 2.20 bits per heavy atom. The van der Waals surface area contributed by atoms with Gasteiger partial charge in [0.1, 0.15) is 11.0 Å². The van der Waals surface area contributed by atoms with Crippen LogP contribution in [0, 0.1) is 11.8 Å². The topological polar surface area (TPSA) is 95.1 Å². The van der Waals surface area contributed by atoms with Crippen molar-refractivity contribution in [2.45, 2.75) is 0 Å². The van der Waals surface area contributed by atoms with Gasteiger partial charge in [-0.3, -0.25) is 14.6 Å². The van der Waals surface area contributed by atoms with Gasteiger partial charge in [-0.25, -0.2) is 0 Å². The molecule has 0 unspecified atom stereocenters. The van der Waals surface area contributed by atoms with Crippen molar-refractivity contribution >= 4 is 28.9 Å². The number of nitrogens with zero attached hydrogens (tertiary/aromatic N) is 5. The van der Waals surface area contributed by atoms with Crippen LogP contribution in [0.2, 0.25) is 0 Å². The standard InChI is InChI=1S/C27H24N6O2/c34-26(8-3-18-1-4-19(5-2-18)20-9-11-28-12-10-20)32-14-22-16-33(17-23(22)15-32)27(35)21-6-7-24-25(13-21)30-31-29-24/h1-13,22-23H,14-17H2,(H,29,30,31)/b8-3+/t22-,23-/m1/s1. The summed E-state index contributed by atoms with van der Waals surface area (Å²) in [6, 6.07) is 17.5. The fraction of sp³-hybridized carbons (Fsp3) is 0.222. The van der Waals surface area contributed by atoms with Crippen LogP contribution in [-0.4, -0.2) is 68.2 Å². The van der Waals surface area contributed by atoms with E-state index in [2.05, 4.69) is 20.4 Å². The van der Waals surface area contributed by atoms with Crippen LogP contribution in [0.5, 0.6) is 0 Å². The average Bonchev–Trinajstić information content (AvgIpc) is 3.62. The maximum atomic E-state index is 13.0. The smallest absolute Gasteiger partial charge is 0.253 e. The summed E-state index contributed by atoms with van der Waals surface area (Å²) in [5, 5.41) is 10.7. The summed E-state index contributed by atoms with van der Waals surface area (Å²) in [6.45, 7) is 2.70. The molecule has 0 aliphatic carbocycles. The van der Waals surface area contributed by atoms with E-state index >= 15 is 0 Å². The Hall–Kier alpha value is -4.33. The largest absolute Gasteiger partial charge is 0.338 e. The number of aromatic nitrogens is 4. The molecular formula is C27H24N6O2. The molecule has 6 rings (SSSR count). The number of rotatable bonds is 4. The molecule has 2 aromatic carbocycles. The zero-order chi connectivity index (χ0) is 23.8. The lowest BCUT2D eigenvalue weighted by molar-refractivity contribution is -0.125. The van der Waals surface area contributed by atoms with Gasteiger partial charge in [0.25, 0.3) is 5.91 Å². The lowest BCUT2D eigenvalue weighted by Crippen LogP contribution is -2.35. The van der Waals surface area contributed by atoms with Gasteiger partial charge >= 0.3 is 0 Å². The van der Waals surface area contributed by atoms with E-state index in [1.165, 1.54) is 0 Å². The van der Waals surface area contributed by atoms with Crippen LogP contribution in [-0.2, 0) is 4.79 Å². The molecule has 2 saturated heterocycles. The molecule has 0 bridgehead atoms. The second-order valence-electron chi connectivity index (χ2n) is 9.19. The maximum Gasteiger partial charge on any atom is 0.253 e. The Bertz CT molecular complexity index is 1400. The molecule has 0 radical (unpaired) electrons. The molecule has 2 aromatic heterocycles. The van der Waals surface area contributed by atoms with Crippen molar-refractivity contribution in [3.05, 3.63) is 84.2 Å². The number of H-pyrrole nitrogens is 1. The molecule has 8 nitrogen and oxygen atoms in total. The van der Waals surface area contributed by atoms with E-state index in [-0.39, 0.29) is 11.8 Å². The number of aromatic amines is 1. The Balaban J connectivity index is 1.05. The Labute approximate surface area is 202 Å². The van der Waals surface area contributed by atoms with Gasteiger partial charge in [0.2, 0.25) is 5.91 Å². The molecule has 2 amide bonds. The Kier molecular flexibility index (Phi) is 5.33. The number of amides is 2. The number of nitrogens with one attached hydrogen (secondary N) is 1. The van der Waals surface area contributed by atoms with E-state index in [1.807, 2.05) is 58.3 Å². The van der Waals surface area contributed by atoms with Gasteiger partial charge in [0.15, 0.2) is 0 Å². The quantitative estimate of drug-likeness (QED) is 0.468. The maximum absolute atomic E-state index is 13.0. The zero-order valence-electron chi connectivity index (χ0n) is 19.0. The first kappa shape index (κ1) is 21.2. The van der Waals surface area contributed by atoms with Gasteiger partial charge in [-0.05, 0) is 53.1 Å². The molecule has 0 spiro atoms. The minimum absolute atomic E-state index is 0.0114. The lowest BCUT2D eigenvalue weighted by atomic mass is 10.0. The van der Waals surface area contributed by atoms with E-state index in [0.29, 0.717) is 49.1 Å². The first-order chi connectivity index (χ1) is 17.1. The third-order valence-corrected chi connectivity index (χ3v) is 6.99. The molecule has 2 aliphatic rings. The van der Waals surface area contributed by atoms with E-state index in [0.717, 1.165) is 22.2 Å². The monoisotopic (exact) mass is 464 g/mol. The van der Waals surface area contributed by atoms with Crippen molar-refractivity contribution in [3.8, 4) is 11.1 Å². The van der Waals surface area contributed by atoms with Crippen molar-refractivity contribution in [2.75, 3.05) is 26.2 Å².